The topological polar surface area (TPSA) is 47.6 Å². The summed E-state index contributed by atoms with van der Waals surface area (Å²) in [6, 6.07) is 12.7. The number of amides is 1. The average Bonchev–Trinajstić information content (AvgIpc) is 2.54. The largest absolute Gasteiger partial charge is 0.497 e. The Morgan fingerprint density at radius 3 is 2.55 bits per heavy atom. The van der Waals surface area contributed by atoms with E-state index < -0.39 is 6.10 Å². The highest BCUT2D eigenvalue weighted by Crippen LogP contribution is 2.19. The second kappa shape index (κ2) is 7.45. The number of carbonyl (C=O) groups is 1. The van der Waals surface area contributed by atoms with Crippen LogP contribution in [0.4, 0.5) is 10.1 Å². The number of anilines is 1. The zero-order valence-corrected chi connectivity index (χ0v) is 12.5. The number of carbonyl (C=O) groups excluding carboxylic acids is 1. The summed E-state index contributed by atoms with van der Waals surface area (Å²) in [4.78, 5) is 12.3. The lowest BCUT2D eigenvalue weighted by atomic mass is 10.2. The Kier molecular flexibility index (Phi) is 5.36. The van der Waals surface area contributed by atoms with Gasteiger partial charge in [-0.2, -0.15) is 0 Å². The molecule has 22 heavy (non-hydrogen) atoms. The number of nitrogens with one attached hydrogen (secondary N) is 1. The minimum Gasteiger partial charge on any atom is -0.497 e. The van der Waals surface area contributed by atoms with Crippen molar-refractivity contribution in [3.05, 3.63) is 54.3 Å². The molecule has 5 heteroatoms. The molecule has 0 aliphatic heterocycles. The summed E-state index contributed by atoms with van der Waals surface area (Å²) < 4.78 is 23.6. The molecular weight excluding hydrogens is 285 g/mol. The van der Waals surface area contributed by atoms with Gasteiger partial charge < -0.3 is 14.8 Å². The molecule has 2 rings (SSSR count). The van der Waals surface area contributed by atoms with Gasteiger partial charge in [-0.3, -0.25) is 4.79 Å². The average molecular weight is 303 g/mol. The number of ether oxygens (including phenoxy) is 2. The van der Waals surface area contributed by atoms with Crippen molar-refractivity contribution in [2.24, 2.45) is 0 Å². The lowest BCUT2D eigenvalue weighted by molar-refractivity contribution is -0.122. The van der Waals surface area contributed by atoms with Crippen molar-refractivity contribution in [2.45, 2.75) is 19.4 Å². The maximum atomic E-state index is 12.9. The van der Waals surface area contributed by atoms with Crippen molar-refractivity contribution in [2.75, 3.05) is 12.4 Å². The van der Waals surface area contributed by atoms with Crippen LogP contribution in [0.15, 0.2) is 48.5 Å². The van der Waals surface area contributed by atoms with Crippen LogP contribution in [0.5, 0.6) is 11.5 Å². The Labute approximate surface area is 128 Å². The molecule has 0 saturated carbocycles. The molecule has 0 unspecified atom stereocenters. The molecule has 4 nitrogen and oxygen atoms in total. The highest BCUT2D eigenvalue weighted by molar-refractivity contribution is 5.94. The summed E-state index contributed by atoms with van der Waals surface area (Å²) in [7, 11) is 1.56. The number of hydrogen-bond donors (Lipinski definition) is 1. The fourth-order valence-corrected chi connectivity index (χ4v) is 1.92. The van der Waals surface area contributed by atoms with Gasteiger partial charge in [-0.25, -0.2) is 4.39 Å². The van der Waals surface area contributed by atoms with Gasteiger partial charge in [0, 0.05) is 11.8 Å². The molecule has 1 N–H and O–H groups in total. The monoisotopic (exact) mass is 303 g/mol. The van der Waals surface area contributed by atoms with Gasteiger partial charge in [0.25, 0.3) is 5.91 Å². The van der Waals surface area contributed by atoms with Crippen LogP contribution in [0, 0.1) is 5.82 Å². The fraction of sp³-hybridized carbons (Fsp3) is 0.235. The lowest BCUT2D eigenvalue weighted by Crippen LogP contribution is -2.32. The summed E-state index contributed by atoms with van der Waals surface area (Å²) in [5.74, 6) is 0.501. The summed E-state index contributed by atoms with van der Waals surface area (Å²) in [6.45, 7) is 1.85. The van der Waals surface area contributed by atoms with E-state index in [4.69, 9.17) is 9.47 Å². The van der Waals surface area contributed by atoms with Crippen LogP contribution in [0.3, 0.4) is 0 Å². The molecule has 0 spiro atoms. The summed E-state index contributed by atoms with van der Waals surface area (Å²) >= 11 is 0. The minimum absolute atomic E-state index is 0.264. The van der Waals surface area contributed by atoms with E-state index in [9.17, 15) is 9.18 Å². The van der Waals surface area contributed by atoms with Gasteiger partial charge >= 0.3 is 0 Å². The van der Waals surface area contributed by atoms with Gasteiger partial charge in [0.05, 0.1) is 7.11 Å². The van der Waals surface area contributed by atoms with Crippen molar-refractivity contribution in [1.82, 2.24) is 0 Å². The van der Waals surface area contributed by atoms with E-state index in [1.54, 1.807) is 31.4 Å². The molecule has 0 heterocycles. The normalized spacial score (nSPS) is 11.6. The predicted octanol–water partition coefficient (Wildman–Crippen LogP) is 3.63. The molecule has 2 aromatic rings. The van der Waals surface area contributed by atoms with E-state index in [0.717, 1.165) is 0 Å². The summed E-state index contributed by atoms with van der Waals surface area (Å²) in [6.07, 6.45) is -0.163. The van der Waals surface area contributed by atoms with Crippen LogP contribution in [-0.4, -0.2) is 19.1 Å². The Morgan fingerprint density at radius 1 is 1.18 bits per heavy atom. The summed E-state index contributed by atoms with van der Waals surface area (Å²) in [5.41, 5.74) is 0.630. The molecule has 116 valence electrons. The third-order valence-electron chi connectivity index (χ3n) is 3.09. The molecule has 1 atom stereocenters. The van der Waals surface area contributed by atoms with Crippen molar-refractivity contribution >= 4 is 11.6 Å². The number of methoxy groups -OCH3 is 1. The van der Waals surface area contributed by atoms with Gasteiger partial charge in [0.2, 0.25) is 0 Å². The van der Waals surface area contributed by atoms with Crippen molar-refractivity contribution < 1.29 is 18.7 Å². The fourth-order valence-electron chi connectivity index (χ4n) is 1.92. The number of benzene rings is 2. The third kappa shape index (κ3) is 4.22. The molecule has 0 aliphatic carbocycles. The van der Waals surface area contributed by atoms with Crippen molar-refractivity contribution in [3.8, 4) is 11.5 Å². The van der Waals surface area contributed by atoms with Crippen LogP contribution in [0.25, 0.3) is 0 Å². The highest BCUT2D eigenvalue weighted by atomic mass is 19.1. The van der Waals surface area contributed by atoms with Crippen LogP contribution < -0.4 is 14.8 Å². The Bertz CT molecular complexity index is 628. The maximum Gasteiger partial charge on any atom is 0.265 e. The smallest absolute Gasteiger partial charge is 0.265 e. The standard InChI is InChI=1S/C17H18FNO3/c1-3-16(22-14-9-7-12(18)8-10-14)17(20)19-13-5-4-6-15(11-13)21-2/h4-11,16H,3H2,1-2H3,(H,19,20)/t16-/m0/s1. The van der Waals surface area contributed by atoms with Gasteiger partial charge in [0.15, 0.2) is 6.10 Å². The number of hydrogen-bond acceptors (Lipinski definition) is 3. The SMILES string of the molecule is CC[C@H](Oc1ccc(F)cc1)C(=O)Nc1cccc(OC)c1. The van der Waals surface area contributed by atoms with Gasteiger partial charge in [-0.1, -0.05) is 13.0 Å². The third-order valence-corrected chi connectivity index (χ3v) is 3.09. The maximum absolute atomic E-state index is 12.9. The van der Waals surface area contributed by atoms with E-state index >= 15 is 0 Å². The number of halogens is 1. The molecule has 0 aliphatic rings. The molecule has 0 aromatic heterocycles. The van der Waals surface area contributed by atoms with E-state index in [0.29, 0.717) is 23.6 Å². The van der Waals surface area contributed by atoms with Crippen LogP contribution in [0.1, 0.15) is 13.3 Å². The van der Waals surface area contributed by atoms with Crippen molar-refractivity contribution in [1.29, 1.82) is 0 Å². The first-order valence-corrected chi connectivity index (χ1v) is 6.99. The summed E-state index contributed by atoms with van der Waals surface area (Å²) in [5, 5.41) is 2.78. The van der Waals surface area contributed by atoms with Crippen LogP contribution in [-0.2, 0) is 4.79 Å². The van der Waals surface area contributed by atoms with E-state index in [2.05, 4.69) is 5.32 Å². The molecule has 0 bridgehead atoms. The Balaban J connectivity index is 2.03. The molecule has 0 saturated heterocycles. The predicted molar refractivity (Wildman–Crippen MR) is 82.7 cm³/mol. The molecule has 0 radical (unpaired) electrons. The van der Waals surface area contributed by atoms with Gasteiger partial charge in [-0.05, 0) is 42.8 Å². The molecule has 2 aromatic carbocycles. The zero-order chi connectivity index (χ0) is 15.9. The lowest BCUT2D eigenvalue weighted by Gasteiger charge is -2.17. The molecular formula is C17H18FNO3. The first kappa shape index (κ1) is 15.8. The number of rotatable bonds is 6. The second-order valence-corrected chi connectivity index (χ2v) is 4.69. The quantitative estimate of drug-likeness (QED) is 0.886. The van der Waals surface area contributed by atoms with E-state index in [-0.39, 0.29) is 11.7 Å². The van der Waals surface area contributed by atoms with Gasteiger partial charge in [0.1, 0.15) is 17.3 Å². The van der Waals surface area contributed by atoms with Crippen LogP contribution >= 0.6 is 0 Å². The molecule has 1 amide bonds. The first-order chi connectivity index (χ1) is 10.6. The Hall–Kier alpha value is -2.56. The van der Waals surface area contributed by atoms with E-state index in [1.807, 2.05) is 6.92 Å². The van der Waals surface area contributed by atoms with Crippen molar-refractivity contribution in [3.63, 3.8) is 0 Å². The van der Waals surface area contributed by atoms with Gasteiger partial charge in [-0.15, -0.1) is 0 Å². The second-order valence-electron chi connectivity index (χ2n) is 4.69. The Morgan fingerprint density at radius 2 is 1.91 bits per heavy atom. The van der Waals surface area contributed by atoms with E-state index in [1.165, 1.54) is 24.3 Å². The molecule has 0 fully saturated rings. The highest BCUT2D eigenvalue weighted by Gasteiger charge is 2.18. The van der Waals surface area contributed by atoms with Crippen LogP contribution in [0.2, 0.25) is 0 Å². The first-order valence-electron chi connectivity index (χ1n) is 6.99. The zero-order valence-electron chi connectivity index (χ0n) is 12.5. The minimum atomic E-state index is -0.656.